The van der Waals surface area contributed by atoms with Crippen molar-refractivity contribution in [2.24, 2.45) is 0 Å². The Kier molecular flexibility index (Phi) is 2.91. The van der Waals surface area contributed by atoms with E-state index in [0.29, 0.717) is 21.9 Å². The number of carboxylic acids is 1. The molecule has 3 aromatic rings. The quantitative estimate of drug-likeness (QED) is 0.769. The zero-order valence-electron chi connectivity index (χ0n) is 10.4. The van der Waals surface area contributed by atoms with E-state index in [1.807, 2.05) is 0 Å². The van der Waals surface area contributed by atoms with Gasteiger partial charge in [-0.15, -0.1) is 0 Å². The minimum absolute atomic E-state index is 0.0377. The molecule has 20 heavy (non-hydrogen) atoms. The smallest absolute Gasteiger partial charge is 0.355 e. The summed E-state index contributed by atoms with van der Waals surface area (Å²) in [7, 11) is 0. The van der Waals surface area contributed by atoms with E-state index >= 15 is 0 Å². The van der Waals surface area contributed by atoms with E-state index < -0.39 is 5.97 Å². The van der Waals surface area contributed by atoms with Crippen molar-refractivity contribution < 1.29 is 14.3 Å². The molecule has 0 radical (unpaired) electrons. The second-order valence-electron chi connectivity index (χ2n) is 4.35. The number of pyridine rings is 1. The lowest BCUT2D eigenvalue weighted by Crippen LogP contribution is -2.02. The molecule has 0 spiro atoms. The summed E-state index contributed by atoms with van der Waals surface area (Å²) >= 11 is 0. The maximum atomic E-state index is 13.8. The number of carboxylic acid groups (broad SMARTS) is 1. The number of nitrogens with zero attached hydrogens (tertiary/aromatic N) is 1. The molecular formula is C16H10FNO2. The van der Waals surface area contributed by atoms with Gasteiger partial charge in [0.2, 0.25) is 0 Å². The van der Waals surface area contributed by atoms with E-state index in [9.17, 15) is 14.3 Å². The highest BCUT2D eigenvalue weighted by molar-refractivity contribution is 6.02. The van der Waals surface area contributed by atoms with Crippen LogP contribution in [-0.4, -0.2) is 16.1 Å². The Morgan fingerprint density at radius 1 is 0.950 bits per heavy atom. The number of halogens is 1. The van der Waals surface area contributed by atoms with Gasteiger partial charge in [-0.05, 0) is 23.1 Å². The van der Waals surface area contributed by atoms with Crippen LogP contribution in [0.2, 0.25) is 0 Å². The third kappa shape index (κ3) is 1.91. The Bertz CT molecular complexity index is 814. The first kappa shape index (κ1) is 12.3. The molecule has 0 aliphatic rings. The SMILES string of the molecule is O=C(O)c1ncccc1-c1ccc(F)c2ccccc12. The molecule has 0 aliphatic heterocycles. The van der Waals surface area contributed by atoms with Crippen molar-refractivity contribution in [2.75, 3.05) is 0 Å². The fourth-order valence-electron chi connectivity index (χ4n) is 2.29. The van der Waals surface area contributed by atoms with Crippen molar-refractivity contribution >= 4 is 16.7 Å². The first-order valence-electron chi connectivity index (χ1n) is 6.04. The fourth-order valence-corrected chi connectivity index (χ4v) is 2.29. The van der Waals surface area contributed by atoms with Gasteiger partial charge < -0.3 is 5.11 Å². The van der Waals surface area contributed by atoms with Gasteiger partial charge in [0.25, 0.3) is 0 Å². The third-order valence-electron chi connectivity index (χ3n) is 3.17. The Morgan fingerprint density at radius 3 is 2.45 bits per heavy atom. The lowest BCUT2D eigenvalue weighted by atomic mass is 9.97. The first-order valence-corrected chi connectivity index (χ1v) is 6.04. The molecule has 0 bridgehead atoms. The van der Waals surface area contributed by atoms with Crippen LogP contribution in [0.15, 0.2) is 54.7 Å². The summed E-state index contributed by atoms with van der Waals surface area (Å²) in [5.41, 5.74) is 1.10. The number of hydrogen-bond acceptors (Lipinski definition) is 2. The summed E-state index contributed by atoms with van der Waals surface area (Å²) in [5.74, 6) is -1.43. The average molecular weight is 267 g/mol. The van der Waals surface area contributed by atoms with E-state index in [0.717, 1.165) is 0 Å². The van der Waals surface area contributed by atoms with Gasteiger partial charge in [0.1, 0.15) is 5.82 Å². The van der Waals surface area contributed by atoms with Gasteiger partial charge in [-0.1, -0.05) is 36.4 Å². The second-order valence-corrected chi connectivity index (χ2v) is 4.35. The summed E-state index contributed by atoms with van der Waals surface area (Å²) < 4.78 is 13.8. The largest absolute Gasteiger partial charge is 0.476 e. The Balaban J connectivity index is 2.37. The summed E-state index contributed by atoms with van der Waals surface area (Å²) in [5, 5.41) is 10.3. The molecule has 4 heteroatoms. The van der Waals surface area contributed by atoms with E-state index in [1.54, 1.807) is 42.5 Å². The van der Waals surface area contributed by atoms with Gasteiger partial charge >= 0.3 is 5.97 Å². The van der Waals surface area contributed by atoms with Crippen molar-refractivity contribution in [3.63, 3.8) is 0 Å². The molecular weight excluding hydrogens is 257 g/mol. The topological polar surface area (TPSA) is 50.2 Å². The maximum Gasteiger partial charge on any atom is 0.355 e. The second kappa shape index (κ2) is 4.74. The zero-order chi connectivity index (χ0) is 14.1. The normalized spacial score (nSPS) is 10.7. The summed E-state index contributed by atoms with van der Waals surface area (Å²) in [4.78, 5) is 15.2. The lowest BCUT2D eigenvalue weighted by Gasteiger charge is -2.09. The third-order valence-corrected chi connectivity index (χ3v) is 3.17. The molecule has 1 aromatic heterocycles. The highest BCUT2D eigenvalue weighted by Crippen LogP contribution is 2.31. The van der Waals surface area contributed by atoms with Crippen LogP contribution in [0.3, 0.4) is 0 Å². The molecule has 0 aliphatic carbocycles. The highest BCUT2D eigenvalue weighted by atomic mass is 19.1. The number of fused-ring (bicyclic) bond motifs is 1. The van der Waals surface area contributed by atoms with Crippen molar-refractivity contribution in [3.8, 4) is 11.1 Å². The highest BCUT2D eigenvalue weighted by Gasteiger charge is 2.15. The van der Waals surface area contributed by atoms with Crippen LogP contribution in [0.4, 0.5) is 4.39 Å². The fraction of sp³-hybridized carbons (Fsp3) is 0. The van der Waals surface area contributed by atoms with Crippen LogP contribution >= 0.6 is 0 Å². The average Bonchev–Trinajstić information content (AvgIpc) is 2.48. The van der Waals surface area contributed by atoms with Crippen molar-refractivity contribution in [3.05, 3.63) is 66.2 Å². The maximum absolute atomic E-state index is 13.8. The van der Waals surface area contributed by atoms with E-state index in [2.05, 4.69) is 4.98 Å². The Labute approximate surface area is 114 Å². The predicted octanol–water partition coefficient (Wildman–Crippen LogP) is 3.74. The van der Waals surface area contributed by atoms with E-state index in [-0.39, 0.29) is 11.5 Å². The number of carbonyl (C=O) groups is 1. The number of benzene rings is 2. The van der Waals surface area contributed by atoms with Gasteiger partial charge in [0, 0.05) is 17.1 Å². The molecule has 3 nitrogen and oxygen atoms in total. The molecule has 0 amide bonds. The van der Waals surface area contributed by atoms with Crippen LogP contribution in [0.25, 0.3) is 21.9 Å². The molecule has 2 aromatic carbocycles. The molecule has 0 saturated carbocycles. The molecule has 3 rings (SSSR count). The molecule has 0 unspecified atom stereocenters. The minimum atomic E-state index is -1.10. The lowest BCUT2D eigenvalue weighted by molar-refractivity contribution is 0.0691. The van der Waals surface area contributed by atoms with Gasteiger partial charge in [-0.2, -0.15) is 0 Å². The Hall–Kier alpha value is -2.75. The molecule has 0 fully saturated rings. The molecule has 98 valence electrons. The van der Waals surface area contributed by atoms with Crippen LogP contribution in [0, 0.1) is 5.82 Å². The number of rotatable bonds is 2. The number of hydrogen-bond donors (Lipinski definition) is 1. The predicted molar refractivity (Wildman–Crippen MR) is 74.1 cm³/mol. The van der Waals surface area contributed by atoms with E-state index in [4.69, 9.17) is 0 Å². The van der Waals surface area contributed by atoms with E-state index in [1.165, 1.54) is 12.3 Å². The number of aromatic nitrogens is 1. The molecule has 1 heterocycles. The van der Waals surface area contributed by atoms with Crippen molar-refractivity contribution in [1.29, 1.82) is 0 Å². The summed E-state index contributed by atoms with van der Waals surface area (Å²) in [6.45, 7) is 0. The first-order chi connectivity index (χ1) is 9.68. The Morgan fingerprint density at radius 2 is 1.70 bits per heavy atom. The molecule has 1 N–H and O–H groups in total. The molecule has 0 atom stereocenters. The van der Waals surface area contributed by atoms with Gasteiger partial charge in [-0.25, -0.2) is 14.2 Å². The van der Waals surface area contributed by atoms with Crippen LogP contribution in [0.1, 0.15) is 10.5 Å². The summed E-state index contributed by atoms with van der Waals surface area (Å²) in [6, 6.07) is 13.3. The monoisotopic (exact) mass is 267 g/mol. The van der Waals surface area contributed by atoms with Crippen LogP contribution < -0.4 is 0 Å². The minimum Gasteiger partial charge on any atom is -0.476 e. The summed E-state index contributed by atoms with van der Waals surface area (Å²) in [6.07, 6.45) is 1.43. The molecule has 0 saturated heterocycles. The van der Waals surface area contributed by atoms with Gasteiger partial charge in [-0.3, -0.25) is 0 Å². The van der Waals surface area contributed by atoms with Crippen molar-refractivity contribution in [2.45, 2.75) is 0 Å². The van der Waals surface area contributed by atoms with Gasteiger partial charge in [0.05, 0.1) is 0 Å². The zero-order valence-corrected chi connectivity index (χ0v) is 10.4. The standard InChI is InChI=1S/C16H10FNO2/c17-14-8-7-11(10-4-1-2-5-12(10)14)13-6-3-9-18-15(13)16(19)20/h1-9H,(H,19,20). The van der Waals surface area contributed by atoms with Crippen LogP contribution in [0.5, 0.6) is 0 Å². The van der Waals surface area contributed by atoms with Gasteiger partial charge in [0.15, 0.2) is 5.69 Å². The number of aromatic carboxylic acids is 1. The van der Waals surface area contributed by atoms with Crippen molar-refractivity contribution in [1.82, 2.24) is 4.98 Å². The van der Waals surface area contributed by atoms with Crippen LogP contribution in [-0.2, 0) is 0 Å².